The first-order chi connectivity index (χ1) is 14.6. The molecule has 0 aliphatic rings. The second-order valence-electron chi connectivity index (χ2n) is 7.93. The van der Waals surface area contributed by atoms with Crippen molar-refractivity contribution >= 4 is 76.4 Å². The van der Waals surface area contributed by atoms with Crippen molar-refractivity contribution in [1.82, 2.24) is 0 Å². The van der Waals surface area contributed by atoms with Gasteiger partial charge in [0.05, 0.1) is 0 Å². The third-order valence-electron chi connectivity index (χ3n) is 5.97. The van der Waals surface area contributed by atoms with Crippen molar-refractivity contribution in [3.05, 3.63) is 78.9 Å². The van der Waals surface area contributed by atoms with E-state index in [0.29, 0.717) is 0 Å². The van der Waals surface area contributed by atoms with E-state index < -0.39 is 28.1 Å². The van der Waals surface area contributed by atoms with E-state index in [1.165, 1.54) is 48.3 Å². The highest BCUT2D eigenvalue weighted by molar-refractivity contribution is 6.75. The lowest BCUT2D eigenvalue weighted by molar-refractivity contribution is 0.460. The van der Waals surface area contributed by atoms with Gasteiger partial charge in [-0.3, -0.25) is 0 Å². The zero-order valence-corrected chi connectivity index (χ0v) is 21.4. The second-order valence-corrected chi connectivity index (χ2v) is 14.0. The fourth-order valence-corrected chi connectivity index (χ4v) is 11.4. The van der Waals surface area contributed by atoms with Crippen LogP contribution in [0.15, 0.2) is 78.9 Å². The molecule has 2 nitrogen and oxygen atoms in total. The predicted molar refractivity (Wildman–Crippen MR) is 139 cm³/mol. The van der Waals surface area contributed by atoms with Crippen LogP contribution in [0.3, 0.4) is 0 Å². The van der Waals surface area contributed by atoms with Gasteiger partial charge in [0.25, 0.3) is 9.28 Å². The molecule has 0 bridgehead atoms. The zero-order valence-electron chi connectivity index (χ0n) is 17.7. The van der Waals surface area contributed by atoms with Crippen LogP contribution in [0.1, 0.15) is 0 Å². The molecular weight excluding hydrogens is 417 g/mol. The highest BCUT2D eigenvalue weighted by atomic mass is 28.4. The number of rotatable bonds is 5. The first-order valence-corrected chi connectivity index (χ1v) is 17.0. The molecule has 0 saturated carbocycles. The molecule has 30 heavy (non-hydrogen) atoms. The lowest BCUT2D eigenvalue weighted by atomic mass is 9.96. The minimum Gasteiger partial charge on any atom is -0.444 e. The summed E-state index contributed by atoms with van der Waals surface area (Å²) in [7, 11) is -3.44. The van der Waals surface area contributed by atoms with E-state index in [2.05, 4.69) is 98.5 Å². The van der Waals surface area contributed by atoms with Crippen molar-refractivity contribution in [2.24, 2.45) is 0 Å². The van der Waals surface area contributed by atoms with Gasteiger partial charge in [-0.05, 0) is 85.6 Å². The number of benzene rings is 5. The fourth-order valence-electron chi connectivity index (χ4n) is 4.54. The third kappa shape index (κ3) is 3.53. The molecule has 150 valence electrons. The van der Waals surface area contributed by atoms with Gasteiger partial charge in [0, 0.05) is 0 Å². The van der Waals surface area contributed by atoms with E-state index in [9.17, 15) is 0 Å². The SMILES string of the molecule is C[SiH2]O[SiH](C)O[SiH](C)c1cccc2cc3ccc4cc5ccccc5cc4c3cc12. The summed E-state index contributed by atoms with van der Waals surface area (Å²) in [4.78, 5) is 0. The Morgan fingerprint density at radius 1 is 0.633 bits per heavy atom. The molecule has 0 amide bonds. The molecule has 5 rings (SSSR count). The van der Waals surface area contributed by atoms with E-state index in [4.69, 9.17) is 8.23 Å². The molecule has 0 aliphatic heterocycles. The molecule has 0 saturated heterocycles. The topological polar surface area (TPSA) is 18.5 Å². The molecule has 0 aromatic heterocycles. The fraction of sp³-hybridized carbons (Fsp3) is 0.120. The third-order valence-corrected chi connectivity index (χ3v) is 13.7. The first kappa shape index (κ1) is 19.7. The summed E-state index contributed by atoms with van der Waals surface area (Å²) in [6, 6.07) is 29.1. The van der Waals surface area contributed by atoms with Crippen LogP contribution in [0.2, 0.25) is 19.6 Å². The second kappa shape index (κ2) is 8.09. The van der Waals surface area contributed by atoms with E-state index in [1.807, 2.05) is 0 Å². The molecule has 0 N–H and O–H groups in total. The van der Waals surface area contributed by atoms with Crippen LogP contribution < -0.4 is 5.19 Å². The Morgan fingerprint density at radius 3 is 1.97 bits per heavy atom. The van der Waals surface area contributed by atoms with Crippen molar-refractivity contribution < 1.29 is 8.23 Å². The van der Waals surface area contributed by atoms with Crippen LogP contribution in [0.4, 0.5) is 0 Å². The summed E-state index contributed by atoms with van der Waals surface area (Å²) < 4.78 is 12.3. The Kier molecular flexibility index (Phi) is 5.30. The maximum atomic E-state index is 6.43. The molecule has 0 spiro atoms. The summed E-state index contributed by atoms with van der Waals surface area (Å²) in [5.74, 6) is 0. The molecule has 5 heteroatoms. The van der Waals surface area contributed by atoms with Gasteiger partial charge in [0.2, 0.25) is 0 Å². The first-order valence-electron chi connectivity index (χ1n) is 10.7. The van der Waals surface area contributed by atoms with E-state index in [1.54, 1.807) is 0 Å². The van der Waals surface area contributed by atoms with Crippen LogP contribution in [-0.4, -0.2) is 28.1 Å². The Morgan fingerprint density at radius 2 is 1.23 bits per heavy atom. The summed E-state index contributed by atoms with van der Waals surface area (Å²) in [6.07, 6.45) is 0. The van der Waals surface area contributed by atoms with Gasteiger partial charge in [-0.2, -0.15) is 0 Å². The van der Waals surface area contributed by atoms with E-state index in [-0.39, 0.29) is 0 Å². The highest BCUT2D eigenvalue weighted by Crippen LogP contribution is 2.32. The molecule has 5 aromatic carbocycles. The summed E-state index contributed by atoms with van der Waals surface area (Å²) in [5, 5.41) is 11.8. The van der Waals surface area contributed by atoms with Crippen LogP contribution in [0.25, 0.3) is 43.1 Å². The molecule has 0 radical (unpaired) electrons. The van der Waals surface area contributed by atoms with Crippen molar-refractivity contribution in [1.29, 1.82) is 0 Å². The lowest BCUT2D eigenvalue weighted by Gasteiger charge is -2.19. The van der Waals surface area contributed by atoms with Crippen LogP contribution in [-0.2, 0) is 8.23 Å². The maximum Gasteiger partial charge on any atom is 0.297 e. The lowest BCUT2D eigenvalue weighted by Crippen LogP contribution is -2.37. The van der Waals surface area contributed by atoms with Crippen molar-refractivity contribution in [2.45, 2.75) is 19.6 Å². The minimum absolute atomic E-state index is 0.407. The Bertz CT molecular complexity index is 1380. The number of fused-ring (bicyclic) bond motifs is 5. The summed E-state index contributed by atoms with van der Waals surface area (Å²) in [5.41, 5.74) is 0. The van der Waals surface area contributed by atoms with Crippen molar-refractivity contribution in [2.75, 3.05) is 0 Å². The largest absolute Gasteiger partial charge is 0.444 e. The van der Waals surface area contributed by atoms with Gasteiger partial charge in [-0.15, -0.1) is 0 Å². The molecule has 2 unspecified atom stereocenters. The van der Waals surface area contributed by atoms with Crippen LogP contribution in [0, 0.1) is 0 Å². The zero-order chi connectivity index (χ0) is 20.7. The smallest absolute Gasteiger partial charge is 0.297 e. The van der Waals surface area contributed by atoms with E-state index >= 15 is 0 Å². The summed E-state index contributed by atoms with van der Waals surface area (Å²) >= 11 is 0. The van der Waals surface area contributed by atoms with Gasteiger partial charge >= 0.3 is 0 Å². The summed E-state index contributed by atoms with van der Waals surface area (Å²) in [6.45, 7) is 6.64. The van der Waals surface area contributed by atoms with Gasteiger partial charge in [0.1, 0.15) is 9.76 Å². The van der Waals surface area contributed by atoms with Gasteiger partial charge in [0.15, 0.2) is 9.04 Å². The Labute approximate surface area is 183 Å². The number of hydrogen-bond donors (Lipinski definition) is 0. The molecule has 2 atom stereocenters. The highest BCUT2D eigenvalue weighted by Gasteiger charge is 2.17. The van der Waals surface area contributed by atoms with Crippen molar-refractivity contribution in [3.8, 4) is 0 Å². The predicted octanol–water partition coefficient (Wildman–Crippen LogP) is 4.88. The molecule has 0 fully saturated rings. The maximum absolute atomic E-state index is 6.43. The normalized spacial score (nSPS) is 14.4. The number of hydrogen-bond acceptors (Lipinski definition) is 2. The molecular formula is C25H26O2Si3. The Balaban J connectivity index is 1.72. The van der Waals surface area contributed by atoms with E-state index in [0.717, 1.165) is 0 Å². The standard InChI is InChI=1S/C25H26O2Si3/c1-28-26-30(3)27-29(2)25-10-6-9-19-14-21-12-11-20-13-17-7-4-5-8-18(17)15-22(20)23(21)16-24(19)25/h4-16,29-30H,28H2,1-3H3. The molecule has 0 heterocycles. The minimum atomic E-state index is -1.52. The van der Waals surface area contributed by atoms with Crippen molar-refractivity contribution in [3.63, 3.8) is 0 Å². The van der Waals surface area contributed by atoms with Crippen LogP contribution in [0.5, 0.6) is 0 Å². The van der Waals surface area contributed by atoms with Gasteiger partial charge < -0.3 is 8.23 Å². The van der Waals surface area contributed by atoms with Crippen LogP contribution >= 0.6 is 0 Å². The average Bonchev–Trinajstić information content (AvgIpc) is 2.76. The molecule has 0 aliphatic carbocycles. The quantitative estimate of drug-likeness (QED) is 0.219. The average molecular weight is 443 g/mol. The Hall–Kier alpha value is -2.29. The van der Waals surface area contributed by atoms with Gasteiger partial charge in [-0.1, -0.05) is 61.1 Å². The van der Waals surface area contributed by atoms with Gasteiger partial charge in [-0.25, -0.2) is 0 Å². The monoisotopic (exact) mass is 442 g/mol. The molecule has 5 aromatic rings.